The molecule has 6 N–H and O–H groups in total. The van der Waals surface area contributed by atoms with Gasteiger partial charge in [-0.15, -0.1) is 0 Å². The predicted octanol–water partition coefficient (Wildman–Crippen LogP) is 3.80. The van der Waals surface area contributed by atoms with Gasteiger partial charge in [0.2, 0.25) is 11.8 Å². The third-order valence-corrected chi connectivity index (χ3v) is 6.55. The summed E-state index contributed by atoms with van der Waals surface area (Å²) in [4.78, 5) is 22.8. The Morgan fingerprint density at radius 3 is 2.03 bits per heavy atom. The van der Waals surface area contributed by atoms with Crippen LogP contribution in [-0.2, 0) is 9.59 Å². The summed E-state index contributed by atoms with van der Waals surface area (Å²) >= 11 is 6.69. The highest BCUT2D eigenvalue weighted by Crippen LogP contribution is 2.33. The number of benzene rings is 2. The van der Waals surface area contributed by atoms with Crippen LogP contribution in [-0.4, -0.2) is 17.5 Å². The van der Waals surface area contributed by atoms with Crippen LogP contribution in [0, 0.1) is 0 Å². The van der Waals surface area contributed by atoms with Gasteiger partial charge in [-0.3, -0.25) is 14.9 Å². The number of hydrogen-bond acceptors (Lipinski definition) is 4. The van der Waals surface area contributed by atoms with E-state index >= 15 is 0 Å². The summed E-state index contributed by atoms with van der Waals surface area (Å²) in [6.45, 7) is 0. The van der Waals surface area contributed by atoms with Crippen molar-refractivity contribution in [3.63, 3.8) is 0 Å². The summed E-state index contributed by atoms with van der Waals surface area (Å²) in [7, 11) is 0. The minimum absolute atomic E-state index is 0.110. The van der Waals surface area contributed by atoms with Crippen molar-refractivity contribution in [3.8, 4) is 0 Å². The first kappa shape index (κ1) is 22.9. The van der Waals surface area contributed by atoms with Crippen molar-refractivity contribution in [2.45, 2.75) is 49.9 Å². The summed E-state index contributed by atoms with van der Waals surface area (Å²) in [6.07, 6.45) is 5.76. The molecule has 1 spiro atoms. The standard InChI is InChI=1S/C14H17BrN2O.C8H9BrN2O/c15-11-6-4-10(5-7-11)12-13(18)17-14(16-12)8-2-1-3-9-14;9-6-3-1-5(2-4-6)7(10)8(11)12/h4-7,12,16H,1-3,8-9H2,(H,17,18);1-4,7H,10H2,(H2,11,12). The van der Waals surface area contributed by atoms with Crippen LogP contribution in [0.3, 0.4) is 0 Å². The highest BCUT2D eigenvalue weighted by atomic mass is 79.9. The number of carbonyl (C=O) groups excluding carboxylic acids is 2. The highest BCUT2D eigenvalue weighted by Gasteiger charge is 2.44. The highest BCUT2D eigenvalue weighted by molar-refractivity contribution is 9.10. The monoisotopic (exact) mass is 536 g/mol. The molecule has 1 saturated heterocycles. The molecule has 2 fully saturated rings. The van der Waals surface area contributed by atoms with E-state index in [1.165, 1.54) is 19.3 Å². The molecule has 4 rings (SSSR count). The Labute approximate surface area is 193 Å². The average Bonchev–Trinajstić information content (AvgIpc) is 3.05. The number of halogens is 2. The van der Waals surface area contributed by atoms with E-state index in [9.17, 15) is 9.59 Å². The Morgan fingerprint density at radius 1 is 0.967 bits per heavy atom. The Balaban J connectivity index is 0.000000187. The van der Waals surface area contributed by atoms with Gasteiger partial charge in [0, 0.05) is 8.95 Å². The van der Waals surface area contributed by atoms with Gasteiger partial charge < -0.3 is 16.8 Å². The maximum absolute atomic E-state index is 12.1. The Hall–Kier alpha value is -1.74. The molecule has 1 saturated carbocycles. The molecule has 30 heavy (non-hydrogen) atoms. The Bertz CT molecular complexity index is 881. The van der Waals surface area contributed by atoms with E-state index in [0.717, 1.165) is 32.9 Å². The van der Waals surface area contributed by atoms with Gasteiger partial charge in [-0.2, -0.15) is 0 Å². The molecule has 6 nitrogen and oxygen atoms in total. The lowest BCUT2D eigenvalue weighted by atomic mass is 9.89. The quantitative estimate of drug-likeness (QED) is 0.477. The van der Waals surface area contributed by atoms with E-state index in [2.05, 4.69) is 42.5 Å². The molecule has 2 atom stereocenters. The van der Waals surface area contributed by atoms with Gasteiger partial charge in [-0.1, -0.05) is 62.5 Å². The minimum atomic E-state index is -0.710. The second-order valence-electron chi connectivity index (χ2n) is 7.69. The Kier molecular flexibility index (Phi) is 7.68. The zero-order valence-corrected chi connectivity index (χ0v) is 19.7. The molecule has 2 aromatic carbocycles. The number of amides is 2. The lowest BCUT2D eigenvalue weighted by Crippen LogP contribution is -2.51. The third kappa shape index (κ3) is 5.69. The normalized spacial score (nSPS) is 20.8. The van der Waals surface area contributed by atoms with Gasteiger partial charge >= 0.3 is 0 Å². The molecule has 2 aromatic rings. The van der Waals surface area contributed by atoms with Gasteiger partial charge in [0.25, 0.3) is 0 Å². The lowest BCUT2D eigenvalue weighted by Gasteiger charge is -2.33. The average molecular weight is 538 g/mol. The molecular formula is C22H26Br2N4O2. The zero-order valence-electron chi connectivity index (χ0n) is 16.5. The fraction of sp³-hybridized carbons (Fsp3) is 0.364. The van der Waals surface area contributed by atoms with Crippen molar-refractivity contribution in [3.05, 3.63) is 68.6 Å². The fourth-order valence-corrected chi connectivity index (χ4v) is 4.36. The largest absolute Gasteiger partial charge is 0.368 e. The van der Waals surface area contributed by atoms with Crippen molar-refractivity contribution < 1.29 is 9.59 Å². The maximum atomic E-state index is 12.1. The molecular weight excluding hydrogens is 512 g/mol. The molecule has 1 aliphatic carbocycles. The first-order chi connectivity index (χ1) is 14.3. The first-order valence-corrected chi connectivity index (χ1v) is 11.5. The van der Waals surface area contributed by atoms with Gasteiger partial charge in [-0.05, 0) is 61.1 Å². The van der Waals surface area contributed by atoms with Gasteiger partial charge in [0.1, 0.15) is 12.1 Å². The van der Waals surface area contributed by atoms with E-state index in [-0.39, 0.29) is 17.6 Å². The van der Waals surface area contributed by atoms with Crippen molar-refractivity contribution in [1.82, 2.24) is 10.6 Å². The number of rotatable bonds is 3. The van der Waals surface area contributed by atoms with Crippen LogP contribution in [0.4, 0.5) is 0 Å². The van der Waals surface area contributed by atoms with Crippen LogP contribution < -0.4 is 22.1 Å². The predicted molar refractivity (Wildman–Crippen MR) is 124 cm³/mol. The number of nitrogens with two attached hydrogens (primary N) is 2. The van der Waals surface area contributed by atoms with E-state index in [0.29, 0.717) is 0 Å². The second kappa shape index (κ2) is 10.0. The van der Waals surface area contributed by atoms with Gasteiger partial charge in [0.05, 0.1) is 5.66 Å². The van der Waals surface area contributed by atoms with Crippen LogP contribution in [0.1, 0.15) is 55.3 Å². The molecule has 160 valence electrons. The summed E-state index contributed by atoms with van der Waals surface area (Å²) in [5.74, 6) is -0.406. The summed E-state index contributed by atoms with van der Waals surface area (Å²) < 4.78 is 1.99. The topological polar surface area (TPSA) is 110 Å². The molecule has 1 aliphatic heterocycles. The second-order valence-corrected chi connectivity index (χ2v) is 9.52. The zero-order chi connectivity index (χ0) is 21.7. The van der Waals surface area contributed by atoms with Crippen molar-refractivity contribution in [2.24, 2.45) is 11.5 Å². The van der Waals surface area contributed by atoms with Gasteiger partial charge in [-0.25, -0.2) is 0 Å². The van der Waals surface area contributed by atoms with Crippen LogP contribution in [0.15, 0.2) is 57.5 Å². The van der Waals surface area contributed by atoms with E-state index in [1.54, 1.807) is 12.1 Å². The number of primary amides is 1. The van der Waals surface area contributed by atoms with Crippen LogP contribution in [0.5, 0.6) is 0 Å². The fourth-order valence-electron chi connectivity index (χ4n) is 3.83. The lowest BCUT2D eigenvalue weighted by molar-refractivity contribution is -0.121. The molecule has 1 heterocycles. The molecule has 0 aromatic heterocycles. The van der Waals surface area contributed by atoms with Crippen molar-refractivity contribution >= 4 is 43.7 Å². The maximum Gasteiger partial charge on any atom is 0.243 e. The molecule has 8 heteroatoms. The molecule has 2 aliphatic rings. The van der Waals surface area contributed by atoms with Crippen LogP contribution >= 0.6 is 31.9 Å². The molecule has 2 unspecified atom stereocenters. The van der Waals surface area contributed by atoms with Gasteiger partial charge in [0.15, 0.2) is 0 Å². The molecule has 2 amide bonds. The summed E-state index contributed by atoms with van der Waals surface area (Å²) in [5.41, 5.74) is 12.2. The van der Waals surface area contributed by atoms with Crippen molar-refractivity contribution in [1.29, 1.82) is 0 Å². The number of nitrogens with one attached hydrogen (secondary N) is 2. The first-order valence-electron chi connectivity index (χ1n) is 9.95. The van der Waals surface area contributed by atoms with Crippen LogP contribution in [0.2, 0.25) is 0 Å². The third-order valence-electron chi connectivity index (χ3n) is 5.49. The van der Waals surface area contributed by atoms with Crippen molar-refractivity contribution in [2.75, 3.05) is 0 Å². The minimum Gasteiger partial charge on any atom is -0.368 e. The molecule has 0 radical (unpaired) electrons. The smallest absolute Gasteiger partial charge is 0.243 e. The Morgan fingerprint density at radius 2 is 1.50 bits per heavy atom. The van der Waals surface area contributed by atoms with E-state index in [4.69, 9.17) is 11.5 Å². The summed E-state index contributed by atoms with van der Waals surface area (Å²) in [5, 5.41) is 6.69. The number of carbonyl (C=O) groups is 2. The van der Waals surface area contributed by atoms with Crippen LogP contribution in [0.25, 0.3) is 0 Å². The summed E-state index contributed by atoms with van der Waals surface area (Å²) in [6, 6.07) is 14.2. The van der Waals surface area contributed by atoms with E-state index < -0.39 is 11.9 Å². The number of hydrogen-bond donors (Lipinski definition) is 4. The molecule has 0 bridgehead atoms. The van der Waals surface area contributed by atoms with E-state index in [1.807, 2.05) is 36.4 Å². The SMILES string of the molecule is NC(=O)C(N)c1ccc(Br)cc1.O=C1NC2(CCCCC2)NC1c1ccc(Br)cc1.